The lowest BCUT2D eigenvalue weighted by Gasteiger charge is -2.29. The zero-order chi connectivity index (χ0) is 12.7. The standard InChI is InChI=1S/C16H27N/c1-5-11-17(4)16(12-14(2)3)13-15-9-7-6-8-10-15/h6-10,14,16H,5,11-13H2,1-4H3. The molecule has 0 aliphatic carbocycles. The zero-order valence-electron chi connectivity index (χ0n) is 11.8. The third-order valence-electron chi connectivity index (χ3n) is 3.26. The normalized spacial score (nSPS) is 13.3. The van der Waals surface area contributed by atoms with Crippen molar-refractivity contribution in [1.29, 1.82) is 0 Å². The molecular weight excluding hydrogens is 206 g/mol. The molecule has 0 bridgehead atoms. The van der Waals surface area contributed by atoms with Gasteiger partial charge in [0.25, 0.3) is 0 Å². The fourth-order valence-corrected chi connectivity index (χ4v) is 2.38. The highest BCUT2D eigenvalue weighted by atomic mass is 15.1. The fourth-order valence-electron chi connectivity index (χ4n) is 2.38. The SMILES string of the molecule is CCCN(C)C(Cc1ccccc1)CC(C)C. The van der Waals surface area contributed by atoms with Gasteiger partial charge in [-0.3, -0.25) is 0 Å². The van der Waals surface area contributed by atoms with Crippen molar-refractivity contribution >= 4 is 0 Å². The molecule has 0 N–H and O–H groups in total. The highest BCUT2D eigenvalue weighted by Crippen LogP contribution is 2.16. The van der Waals surface area contributed by atoms with Gasteiger partial charge in [0.05, 0.1) is 0 Å². The van der Waals surface area contributed by atoms with Gasteiger partial charge in [-0.05, 0) is 44.3 Å². The van der Waals surface area contributed by atoms with E-state index in [4.69, 9.17) is 0 Å². The van der Waals surface area contributed by atoms with Crippen LogP contribution in [0.15, 0.2) is 30.3 Å². The van der Waals surface area contributed by atoms with Crippen LogP contribution >= 0.6 is 0 Å². The predicted molar refractivity (Wildman–Crippen MR) is 76.3 cm³/mol. The third-order valence-corrected chi connectivity index (χ3v) is 3.26. The number of hydrogen-bond donors (Lipinski definition) is 0. The summed E-state index contributed by atoms with van der Waals surface area (Å²) in [6.45, 7) is 8.09. The minimum Gasteiger partial charge on any atom is -0.303 e. The first-order valence-corrected chi connectivity index (χ1v) is 6.87. The van der Waals surface area contributed by atoms with Gasteiger partial charge >= 0.3 is 0 Å². The maximum atomic E-state index is 2.52. The predicted octanol–water partition coefficient (Wildman–Crippen LogP) is 3.99. The van der Waals surface area contributed by atoms with Crippen molar-refractivity contribution < 1.29 is 0 Å². The Bertz CT molecular complexity index is 292. The van der Waals surface area contributed by atoms with Crippen molar-refractivity contribution in [1.82, 2.24) is 4.90 Å². The van der Waals surface area contributed by atoms with Gasteiger partial charge < -0.3 is 4.90 Å². The van der Waals surface area contributed by atoms with Crippen LogP contribution in [0.1, 0.15) is 39.2 Å². The number of likely N-dealkylation sites (N-methyl/N-ethyl adjacent to an activating group) is 1. The van der Waals surface area contributed by atoms with E-state index in [9.17, 15) is 0 Å². The average Bonchev–Trinajstić information content (AvgIpc) is 2.29. The summed E-state index contributed by atoms with van der Waals surface area (Å²) in [6.07, 6.45) is 3.70. The van der Waals surface area contributed by atoms with Crippen LogP contribution in [0.4, 0.5) is 0 Å². The quantitative estimate of drug-likeness (QED) is 0.688. The van der Waals surface area contributed by atoms with Gasteiger partial charge in [0, 0.05) is 6.04 Å². The average molecular weight is 233 g/mol. The van der Waals surface area contributed by atoms with Crippen molar-refractivity contribution in [3.8, 4) is 0 Å². The largest absolute Gasteiger partial charge is 0.303 e. The molecular formula is C16H27N. The van der Waals surface area contributed by atoms with Crippen molar-refractivity contribution in [2.75, 3.05) is 13.6 Å². The lowest BCUT2D eigenvalue weighted by Crippen LogP contribution is -2.35. The highest BCUT2D eigenvalue weighted by molar-refractivity contribution is 5.15. The van der Waals surface area contributed by atoms with Crippen LogP contribution in [0.2, 0.25) is 0 Å². The van der Waals surface area contributed by atoms with E-state index in [-0.39, 0.29) is 0 Å². The first kappa shape index (κ1) is 14.2. The number of hydrogen-bond acceptors (Lipinski definition) is 1. The van der Waals surface area contributed by atoms with E-state index in [0.29, 0.717) is 6.04 Å². The van der Waals surface area contributed by atoms with Crippen molar-refractivity contribution in [3.05, 3.63) is 35.9 Å². The Labute approximate surface area is 107 Å². The lowest BCUT2D eigenvalue weighted by molar-refractivity contribution is 0.211. The van der Waals surface area contributed by atoms with Gasteiger partial charge in [-0.25, -0.2) is 0 Å². The second kappa shape index (κ2) is 7.50. The lowest BCUT2D eigenvalue weighted by atomic mass is 9.96. The van der Waals surface area contributed by atoms with E-state index in [2.05, 4.69) is 63.1 Å². The van der Waals surface area contributed by atoms with Gasteiger partial charge in [0.1, 0.15) is 0 Å². The van der Waals surface area contributed by atoms with E-state index < -0.39 is 0 Å². The molecule has 1 heteroatoms. The summed E-state index contributed by atoms with van der Waals surface area (Å²) >= 11 is 0. The van der Waals surface area contributed by atoms with Gasteiger partial charge in [0.2, 0.25) is 0 Å². The number of benzene rings is 1. The first-order chi connectivity index (χ1) is 8.13. The molecule has 0 heterocycles. The summed E-state index contributed by atoms with van der Waals surface area (Å²) in [5.74, 6) is 0.767. The van der Waals surface area contributed by atoms with Crippen LogP contribution in [0.3, 0.4) is 0 Å². The molecule has 17 heavy (non-hydrogen) atoms. The Morgan fingerprint density at radius 1 is 1.12 bits per heavy atom. The van der Waals surface area contributed by atoms with Crippen molar-refractivity contribution in [2.45, 2.75) is 46.1 Å². The summed E-state index contributed by atoms with van der Waals surface area (Å²) in [5, 5.41) is 0. The molecule has 0 saturated heterocycles. The molecule has 0 radical (unpaired) electrons. The molecule has 0 amide bonds. The summed E-state index contributed by atoms with van der Waals surface area (Å²) in [5.41, 5.74) is 1.46. The summed E-state index contributed by atoms with van der Waals surface area (Å²) in [4.78, 5) is 2.52. The molecule has 1 rings (SSSR count). The van der Waals surface area contributed by atoms with E-state index >= 15 is 0 Å². The molecule has 1 aromatic rings. The summed E-state index contributed by atoms with van der Waals surface area (Å²) < 4.78 is 0. The Balaban J connectivity index is 2.63. The van der Waals surface area contributed by atoms with Gasteiger partial charge in [0.15, 0.2) is 0 Å². The fraction of sp³-hybridized carbons (Fsp3) is 0.625. The molecule has 0 aliphatic rings. The van der Waals surface area contributed by atoms with Crippen LogP contribution < -0.4 is 0 Å². The van der Waals surface area contributed by atoms with E-state index in [1.807, 2.05) is 0 Å². The molecule has 0 aromatic heterocycles. The molecule has 1 unspecified atom stereocenters. The molecule has 1 aromatic carbocycles. The summed E-state index contributed by atoms with van der Waals surface area (Å²) in [7, 11) is 2.26. The monoisotopic (exact) mass is 233 g/mol. The van der Waals surface area contributed by atoms with Crippen LogP contribution in [-0.2, 0) is 6.42 Å². The smallest absolute Gasteiger partial charge is 0.0135 e. The highest BCUT2D eigenvalue weighted by Gasteiger charge is 2.16. The second-order valence-electron chi connectivity index (χ2n) is 5.45. The Kier molecular flexibility index (Phi) is 6.28. The number of nitrogens with zero attached hydrogens (tertiary/aromatic N) is 1. The molecule has 1 atom stereocenters. The van der Waals surface area contributed by atoms with Gasteiger partial charge in [-0.15, -0.1) is 0 Å². The second-order valence-corrected chi connectivity index (χ2v) is 5.45. The van der Waals surface area contributed by atoms with Crippen LogP contribution in [0, 0.1) is 5.92 Å². The van der Waals surface area contributed by atoms with Crippen LogP contribution in [0.5, 0.6) is 0 Å². The first-order valence-electron chi connectivity index (χ1n) is 6.87. The zero-order valence-corrected chi connectivity index (χ0v) is 11.8. The summed E-state index contributed by atoms with van der Waals surface area (Å²) in [6, 6.07) is 11.5. The van der Waals surface area contributed by atoms with E-state index in [1.165, 1.54) is 31.4 Å². The Hall–Kier alpha value is -0.820. The molecule has 0 fully saturated rings. The van der Waals surface area contributed by atoms with Gasteiger partial charge in [-0.2, -0.15) is 0 Å². The maximum absolute atomic E-state index is 2.52. The molecule has 1 nitrogen and oxygen atoms in total. The van der Waals surface area contributed by atoms with Crippen LogP contribution in [-0.4, -0.2) is 24.5 Å². The maximum Gasteiger partial charge on any atom is 0.0135 e. The van der Waals surface area contributed by atoms with E-state index in [1.54, 1.807) is 0 Å². The molecule has 0 aliphatic heterocycles. The topological polar surface area (TPSA) is 3.24 Å². The third kappa shape index (κ3) is 5.36. The molecule has 0 saturated carbocycles. The molecule has 0 spiro atoms. The van der Waals surface area contributed by atoms with Gasteiger partial charge in [-0.1, -0.05) is 51.1 Å². The minimum atomic E-state index is 0.678. The minimum absolute atomic E-state index is 0.678. The molecule has 96 valence electrons. The van der Waals surface area contributed by atoms with Crippen molar-refractivity contribution in [2.24, 2.45) is 5.92 Å². The Morgan fingerprint density at radius 2 is 1.76 bits per heavy atom. The van der Waals surface area contributed by atoms with Crippen molar-refractivity contribution in [3.63, 3.8) is 0 Å². The van der Waals surface area contributed by atoms with E-state index in [0.717, 1.165) is 5.92 Å². The number of rotatable bonds is 7. The Morgan fingerprint density at radius 3 is 2.29 bits per heavy atom. The van der Waals surface area contributed by atoms with Crippen LogP contribution in [0.25, 0.3) is 0 Å².